The molecule has 0 unspecified atom stereocenters. The molecule has 0 saturated carbocycles. The summed E-state index contributed by atoms with van der Waals surface area (Å²) in [6.45, 7) is 0. The highest BCUT2D eigenvalue weighted by Gasteiger charge is 2.28. The first-order valence-electron chi connectivity index (χ1n) is 10.2. The Labute approximate surface area is 237 Å². The van der Waals surface area contributed by atoms with Crippen molar-refractivity contribution < 1.29 is 29.4 Å². The van der Waals surface area contributed by atoms with Gasteiger partial charge in [0, 0.05) is 12.2 Å². The van der Waals surface area contributed by atoms with Crippen LogP contribution < -0.4 is 11.5 Å². The molecule has 0 aliphatic carbocycles. The zero-order chi connectivity index (χ0) is 28.8. The zero-order valence-corrected chi connectivity index (χ0v) is 22.3. The van der Waals surface area contributed by atoms with Crippen LogP contribution in [0.4, 0.5) is 0 Å². The van der Waals surface area contributed by atoms with E-state index in [9.17, 15) is 19.2 Å². The van der Waals surface area contributed by atoms with Gasteiger partial charge in [-0.3, -0.25) is 9.59 Å². The molecule has 0 fully saturated rings. The molecule has 0 atom stereocenters. The van der Waals surface area contributed by atoms with Gasteiger partial charge in [0.1, 0.15) is 0 Å². The minimum Gasteiger partial charge on any atom is -0.478 e. The lowest BCUT2D eigenvalue weighted by Gasteiger charge is -2.10. The third kappa shape index (κ3) is 10.7. The summed E-state index contributed by atoms with van der Waals surface area (Å²) in [6, 6.07) is 19.1. The minimum atomic E-state index is -1.55. The van der Waals surface area contributed by atoms with Gasteiger partial charge in [0.2, 0.25) is 11.8 Å². The number of primary amides is 2. The van der Waals surface area contributed by atoms with Crippen molar-refractivity contribution in [2.24, 2.45) is 11.5 Å². The van der Waals surface area contributed by atoms with Crippen LogP contribution in [-0.2, 0) is 9.59 Å². The Morgan fingerprint density at radius 3 is 1.08 bits per heavy atom. The van der Waals surface area contributed by atoms with Crippen LogP contribution in [0.15, 0.2) is 72.8 Å². The molecule has 0 saturated heterocycles. The second-order valence-corrected chi connectivity index (χ2v) is 8.42. The molecule has 0 aliphatic rings. The summed E-state index contributed by atoms with van der Waals surface area (Å²) in [4.78, 5) is 42.3. The summed E-state index contributed by atoms with van der Waals surface area (Å²) in [5.74, 6) is -3.95. The molecule has 0 bridgehead atoms. The smallest absolute Gasteiger partial charge is 0.338 e. The zero-order valence-electron chi connectivity index (χ0n) is 19.3. The number of hydrogen-bond acceptors (Lipinski definition) is 4. The van der Waals surface area contributed by atoms with Gasteiger partial charge in [0.25, 0.3) is 0 Å². The Kier molecular flexibility index (Phi) is 13.7. The van der Waals surface area contributed by atoms with E-state index in [1.54, 1.807) is 12.2 Å². The van der Waals surface area contributed by atoms with E-state index in [1.165, 1.54) is 12.2 Å². The highest BCUT2D eigenvalue weighted by atomic mass is 35.5. The topological polar surface area (TPSA) is 161 Å². The monoisotopic (exact) mass is 596 g/mol. The van der Waals surface area contributed by atoms with Gasteiger partial charge in [-0.05, 0) is 23.3 Å². The van der Waals surface area contributed by atoms with Crippen molar-refractivity contribution in [2.75, 3.05) is 0 Å². The fourth-order valence-electron chi connectivity index (χ4n) is 2.52. The Balaban J connectivity index is 0.000000293. The van der Waals surface area contributed by atoms with Gasteiger partial charge < -0.3 is 21.7 Å². The van der Waals surface area contributed by atoms with Crippen LogP contribution in [0.1, 0.15) is 31.8 Å². The number of carbonyl (C=O) groups is 4. The molecular weight excluding hydrogens is 578 g/mol. The normalized spacial score (nSPS) is 10.2. The molecule has 0 radical (unpaired) electrons. The third-order valence-corrected chi connectivity index (χ3v) is 5.98. The largest absolute Gasteiger partial charge is 0.478 e. The second-order valence-electron chi connectivity index (χ2n) is 6.91. The average Bonchev–Trinajstić information content (AvgIpc) is 2.88. The number of carbonyl (C=O) groups excluding carboxylic acids is 2. The fourth-order valence-corrected chi connectivity index (χ4v) is 3.53. The molecule has 12 heteroatoms. The van der Waals surface area contributed by atoms with Crippen molar-refractivity contribution in [1.29, 1.82) is 0 Å². The summed E-state index contributed by atoms with van der Waals surface area (Å²) in [7, 11) is 0. The van der Waals surface area contributed by atoms with Gasteiger partial charge in [-0.1, -0.05) is 107 Å². The predicted molar refractivity (Wildman–Crippen MR) is 150 cm³/mol. The molecule has 0 aliphatic heterocycles. The van der Waals surface area contributed by atoms with E-state index < -0.39 is 44.9 Å². The quantitative estimate of drug-likeness (QED) is 0.153. The number of nitrogens with two attached hydrogens (primary N) is 2. The van der Waals surface area contributed by atoms with Crippen molar-refractivity contribution in [3.05, 3.63) is 115 Å². The number of carboxylic acids is 2. The van der Waals surface area contributed by atoms with Crippen LogP contribution in [0.5, 0.6) is 0 Å². The van der Waals surface area contributed by atoms with Gasteiger partial charge in [-0.15, -0.1) is 0 Å². The summed E-state index contributed by atoms with van der Waals surface area (Å²) in [5, 5.41) is 16.1. The number of halogens is 4. The van der Waals surface area contributed by atoms with Crippen LogP contribution in [0.2, 0.25) is 20.1 Å². The van der Waals surface area contributed by atoms with E-state index in [-0.39, 0.29) is 10.0 Å². The maximum absolute atomic E-state index is 10.9. The highest BCUT2D eigenvalue weighted by molar-refractivity contribution is 6.54. The fraction of sp³-hybridized carbons (Fsp3) is 0. The molecule has 3 aromatic carbocycles. The molecule has 3 rings (SSSR count). The molecule has 0 aromatic heterocycles. The first-order valence-corrected chi connectivity index (χ1v) is 11.8. The Hall–Kier alpha value is -3.82. The molecule has 8 nitrogen and oxygen atoms in total. The SMILES string of the molecule is NC(=O)/C=C/c1ccccc1.NC(=O)/C=C/c1ccccc1.O=C(O)c1c(Cl)c(Cl)c(Cl)c(Cl)c1C(=O)O. The summed E-state index contributed by atoms with van der Waals surface area (Å²) in [6.07, 6.45) is 6.05. The Bertz CT molecular complexity index is 1260. The van der Waals surface area contributed by atoms with Crippen LogP contribution in [-0.4, -0.2) is 34.0 Å². The van der Waals surface area contributed by atoms with E-state index in [0.29, 0.717) is 0 Å². The number of hydrogen-bond donors (Lipinski definition) is 4. The standard InChI is InChI=1S/2C9H9NO.C8H2Cl4O4/c2*10-9(11)7-6-8-4-2-1-3-5-8;9-3-1(7(13)14)2(8(15)16)4(10)6(12)5(3)11/h2*1-7H,(H2,10,11);(H,13,14)(H,15,16)/b2*7-6+;. The van der Waals surface area contributed by atoms with Crippen molar-refractivity contribution in [3.8, 4) is 0 Å². The number of benzene rings is 3. The van der Waals surface area contributed by atoms with Crippen LogP contribution in [0, 0.1) is 0 Å². The lowest BCUT2D eigenvalue weighted by molar-refractivity contribution is -0.114. The highest BCUT2D eigenvalue weighted by Crippen LogP contribution is 2.41. The van der Waals surface area contributed by atoms with Crippen molar-refractivity contribution >= 4 is 82.3 Å². The molecule has 6 N–H and O–H groups in total. The van der Waals surface area contributed by atoms with Gasteiger partial charge in [-0.2, -0.15) is 0 Å². The van der Waals surface area contributed by atoms with E-state index in [2.05, 4.69) is 0 Å². The second kappa shape index (κ2) is 16.1. The first-order chi connectivity index (χ1) is 17.9. The van der Waals surface area contributed by atoms with Gasteiger partial charge in [0.15, 0.2) is 0 Å². The Morgan fingerprint density at radius 2 is 0.842 bits per heavy atom. The molecule has 38 heavy (non-hydrogen) atoms. The molecule has 198 valence electrons. The Morgan fingerprint density at radius 1 is 0.553 bits per heavy atom. The molecule has 0 spiro atoms. The lowest BCUT2D eigenvalue weighted by Crippen LogP contribution is -2.10. The molecule has 3 aromatic rings. The maximum atomic E-state index is 10.9. The molecule has 2 amide bonds. The summed E-state index contributed by atoms with van der Waals surface area (Å²) < 4.78 is 0. The van der Waals surface area contributed by atoms with Crippen LogP contribution >= 0.6 is 46.4 Å². The van der Waals surface area contributed by atoms with Gasteiger partial charge >= 0.3 is 11.9 Å². The predicted octanol–water partition coefficient (Wildman–Crippen LogP) is 6.07. The number of rotatable bonds is 6. The maximum Gasteiger partial charge on any atom is 0.338 e. The summed E-state index contributed by atoms with van der Waals surface area (Å²) in [5.41, 5.74) is 10.4. The van der Waals surface area contributed by atoms with Crippen molar-refractivity contribution in [1.82, 2.24) is 0 Å². The van der Waals surface area contributed by atoms with Crippen molar-refractivity contribution in [2.45, 2.75) is 0 Å². The minimum absolute atomic E-state index is 0.296. The van der Waals surface area contributed by atoms with E-state index in [0.717, 1.165) is 11.1 Å². The molecular formula is C26H20Cl4N2O6. The first kappa shape index (κ1) is 32.2. The van der Waals surface area contributed by atoms with Crippen LogP contribution in [0.3, 0.4) is 0 Å². The van der Waals surface area contributed by atoms with E-state index in [4.69, 9.17) is 68.1 Å². The van der Waals surface area contributed by atoms with E-state index >= 15 is 0 Å². The van der Waals surface area contributed by atoms with Gasteiger partial charge in [-0.25, -0.2) is 9.59 Å². The molecule has 0 heterocycles. The van der Waals surface area contributed by atoms with E-state index in [1.807, 2.05) is 60.7 Å². The number of amides is 2. The third-order valence-electron chi connectivity index (χ3n) is 4.17. The number of aromatic carboxylic acids is 2. The van der Waals surface area contributed by atoms with Crippen molar-refractivity contribution in [3.63, 3.8) is 0 Å². The number of carboxylic acid groups (broad SMARTS) is 2. The summed E-state index contributed by atoms with van der Waals surface area (Å²) >= 11 is 22.4. The lowest BCUT2D eigenvalue weighted by atomic mass is 10.1. The average molecular weight is 598 g/mol. The van der Waals surface area contributed by atoms with Gasteiger partial charge in [0.05, 0.1) is 31.2 Å². The van der Waals surface area contributed by atoms with Crippen LogP contribution in [0.25, 0.3) is 12.2 Å².